The first-order valence-corrected chi connectivity index (χ1v) is 10.7. The third-order valence-corrected chi connectivity index (χ3v) is 6.49. The van der Waals surface area contributed by atoms with Crippen LogP contribution in [0.3, 0.4) is 0 Å². The molecule has 0 fully saturated rings. The standard InChI is InChI=1S/C21H23NO2S2/c23-21(24)19-12-6-13-22(16-18-11-7-15-25-18)20(19)26-14-5-4-10-17-8-2-1-3-9-17/h1-3,6-9,11-13,15,20H,4-5,10,14,16H2,(H,23,24). The maximum atomic E-state index is 11.6. The van der Waals surface area contributed by atoms with E-state index in [0.29, 0.717) is 5.57 Å². The summed E-state index contributed by atoms with van der Waals surface area (Å²) >= 11 is 3.44. The van der Waals surface area contributed by atoms with Crippen LogP contribution in [0.25, 0.3) is 0 Å². The van der Waals surface area contributed by atoms with Gasteiger partial charge in [0.15, 0.2) is 0 Å². The number of thioether (sulfide) groups is 1. The normalized spacial score (nSPS) is 16.5. The van der Waals surface area contributed by atoms with Crippen LogP contribution in [0.5, 0.6) is 0 Å². The lowest BCUT2D eigenvalue weighted by Crippen LogP contribution is -2.34. The monoisotopic (exact) mass is 385 g/mol. The molecule has 0 aliphatic carbocycles. The van der Waals surface area contributed by atoms with E-state index < -0.39 is 5.97 Å². The lowest BCUT2D eigenvalue weighted by atomic mass is 10.1. The molecule has 1 unspecified atom stereocenters. The number of hydrogen-bond acceptors (Lipinski definition) is 4. The highest BCUT2D eigenvalue weighted by Gasteiger charge is 2.27. The first-order chi connectivity index (χ1) is 12.7. The first-order valence-electron chi connectivity index (χ1n) is 8.79. The van der Waals surface area contributed by atoms with Crippen molar-refractivity contribution < 1.29 is 9.90 Å². The van der Waals surface area contributed by atoms with Crippen LogP contribution in [-0.2, 0) is 17.8 Å². The fourth-order valence-corrected chi connectivity index (χ4v) is 4.95. The number of aliphatic carboxylic acids is 1. The van der Waals surface area contributed by atoms with Gasteiger partial charge in [-0.3, -0.25) is 0 Å². The summed E-state index contributed by atoms with van der Waals surface area (Å²) in [4.78, 5) is 15.0. The maximum absolute atomic E-state index is 11.6. The highest BCUT2D eigenvalue weighted by molar-refractivity contribution is 8.00. The van der Waals surface area contributed by atoms with Crippen LogP contribution in [0.4, 0.5) is 0 Å². The van der Waals surface area contributed by atoms with Crippen molar-refractivity contribution in [3.05, 3.63) is 82.2 Å². The molecular weight excluding hydrogens is 362 g/mol. The van der Waals surface area contributed by atoms with Crippen LogP contribution in [-0.4, -0.2) is 27.1 Å². The van der Waals surface area contributed by atoms with Crippen molar-refractivity contribution in [2.45, 2.75) is 31.2 Å². The average Bonchev–Trinajstić information content (AvgIpc) is 3.16. The molecule has 3 nitrogen and oxygen atoms in total. The molecule has 1 atom stereocenters. The Bertz CT molecular complexity index is 754. The van der Waals surface area contributed by atoms with Crippen LogP contribution in [0.1, 0.15) is 23.3 Å². The second-order valence-corrected chi connectivity index (χ2v) is 8.41. The van der Waals surface area contributed by atoms with Crippen LogP contribution in [0.2, 0.25) is 0 Å². The molecule has 0 saturated heterocycles. The van der Waals surface area contributed by atoms with Gasteiger partial charge in [0.05, 0.1) is 12.1 Å². The zero-order valence-corrected chi connectivity index (χ0v) is 16.2. The van der Waals surface area contributed by atoms with Crippen molar-refractivity contribution in [1.82, 2.24) is 4.90 Å². The molecule has 1 N–H and O–H groups in total. The van der Waals surface area contributed by atoms with Crippen molar-refractivity contribution in [3.8, 4) is 0 Å². The lowest BCUT2D eigenvalue weighted by molar-refractivity contribution is -0.133. The third kappa shape index (κ3) is 5.26. The van der Waals surface area contributed by atoms with E-state index in [2.05, 4.69) is 40.6 Å². The number of hydrogen-bond donors (Lipinski definition) is 1. The van der Waals surface area contributed by atoms with Gasteiger partial charge in [-0.1, -0.05) is 36.4 Å². The minimum Gasteiger partial charge on any atom is -0.478 e. The summed E-state index contributed by atoms with van der Waals surface area (Å²) in [5.41, 5.74) is 1.83. The Morgan fingerprint density at radius 2 is 2.00 bits per heavy atom. The Labute approximate surface area is 163 Å². The molecule has 1 aromatic carbocycles. The highest BCUT2D eigenvalue weighted by atomic mass is 32.2. The van der Waals surface area contributed by atoms with Gasteiger partial charge in [0.25, 0.3) is 0 Å². The number of carbonyl (C=O) groups is 1. The number of carboxylic acid groups (broad SMARTS) is 1. The second kappa shape index (κ2) is 9.64. The van der Waals surface area contributed by atoms with Gasteiger partial charge < -0.3 is 10.0 Å². The zero-order valence-electron chi connectivity index (χ0n) is 14.6. The summed E-state index contributed by atoms with van der Waals surface area (Å²) in [6.45, 7) is 0.750. The van der Waals surface area contributed by atoms with Gasteiger partial charge in [0, 0.05) is 11.1 Å². The SMILES string of the molecule is O=C(O)C1=CC=CN(Cc2cccs2)C1SCCCCc1ccccc1. The van der Waals surface area contributed by atoms with Gasteiger partial charge in [-0.05, 0) is 54.2 Å². The number of nitrogens with zero attached hydrogens (tertiary/aromatic N) is 1. The Morgan fingerprint density at radius 1 is 1.15 bits per heavy atom. The van der Waals surface area contributed by atoms with Crippen molar-refractivity contribution in [3.63, 3.8) is 0 Å². The van der Waals surface area contributed by atoms with Crippen LogP contribution in [0, 0.1) is 0 Å². The Kier molecular flexibility index (Phi) is 6.97. The molecular formula is C21H23NO2S2. The van der Waals surface area contributed by atoms with Crippen LogP contribution in [0.15, 0.2) is 71.8 Å². The molecule has 0 radical (unpaired) electrons. The Hall–Kier alpha value is -1.98. The van der Waals surface area contributed by atoms with Gasteiger partial charge in [-0.2, -0.15) is 0 Å². The van der Waals surface area contributed by atoms with E-state index in [-0.39, 0.29) is 5.37 Å². The molecule has 3 rings (SSSR count). The summed E-state index contributed by atoms with van der Waals surface area (Å²) in [6.07, 6.45) is 8.86. The van der Waals surface area contributed by atoms with E-state index in [9.17, 15) is 9.90 Å². The van der Waals surface area contributed by atoms with E-state index in [1.165, 1.54) is 10.4 Å². The molecule has 0 spiro atoms. The molecule has 26 heavy (non-hydrogen) atoms. The van der Waals surface area contributed by atoms with Gasteiger partial charge >= 0.3 is 5.97 Å². The molecule has 136 valence electrons. The minimum absolute atomic E-state index is 0.128. The van der Waals surface area contributed by atoms with Crippen molar-refractivity contribution in [2.75, 3.05) is 5.75 Å². The van der Waals surface area contributed by atoms with E-state index in [0.717, 1.165) is 31.6 Å². The quantitative estimate of drug-likeness (QED) is 0.605. The number of thiophene rings is 1. The second-order valence-electron chi connectivity index (χ2n) is 6.19. The van der Waals surface area contributed by atoms with E-state index in [4.69, 9.17) is 0 Å². The summed E-state index contributed by atoms with van der Waals surface area (Å²) in [5, 5.41) is 11.5. The molecule has 0 saturated carbocycles. The molecule has 0 bridgehead atoms. The molecule has 1 aliphatic rings. The van der Waals surface area contributed by atoms with Crippen molar-refractivity contribution in [1.29, 1.82) is 0 Å². The molecule has 0 amide bonds. The summed E-state index contributed by atoms with van der Waals surface area (Å²) in [5.74, 6) is 0.129. The fraction of sp³-hybridized carbons (Fsp3) is 0.286. The first kappa shape index (κ1) is 18.8. The Morgan fingerprint density at radius 3 is 2.73 bits per heavy atom. The molecule has 2 heterocycles. The number of benzene rings is 1. The van der Waals surface area contributed by atoms with Gasteiger partial charge in [-0.25, -0.2) is 4.79 Å². The number of unbranched alkanes of at least 4 members (excludes halogenated alkanes) is 1. The molecule has 1 aromatic heterocycles. The topological polar surface area (TPSA) is 40.5 Å². The summed E-state index contributed by atoms with van der Waals surface area (Å²) < 4.78 is 0. The zero-order chi connectivity index (χ0) is 18.2. The Balaban J connectivity index is 1.53. The number of rotatable bonds is 9. The smallest absolute Gasteiger partial charge is 0.334 e. The minimum atomic E-state index is -0.827. The molecule has 1 aliphatic heterocycles. The summed E-state index contributed by atoms with van der Waals surface area (Å²) in [6, 6.07) is 14.6. The average molecular weight is 386 g/mol. The van der Waals surface area contributed by atoms with E-state index in [1.54, 1.807) is 29.2 Å². The largest absolute Gasteiger partial charge is 0.478 e. The van der Waals surface area contributed by atoms with Crippen molar-refractivity contribution in [2.24, 2.45) is 0 Å². The number of aryl methyl sites for hydroxylation is 1. The number of carboxylic acids is 1. The van der Waals surface area contributed by atoms with Gasteiger partial charge in [0.1, 0.15) is 5.37 Å². The van der Waals surface area contributed by atoms with Crippen LogP contribution >= 0.6 is 23.1 Å². The van der Waals surface area contributed by atoms with Gasteiger partial charge in [0.2, 0.25) is 0 Å². The third-order valence-electron chi connectivity index (χ3n) is 4.26. The number of allylic oxidation sites excluding steroid dienone is 2. The maximum Gasteiger partial charge on any atom is 0.334 e. The van der Waals surface area contributed by atoms with E-state index >= 15 is 0 Å². The molecule has 5 heteroatoms. The molecule has 2 aromatic rings. The van der Waals surface area contributed by atoms with Crippen LogP contribution < -0.4 is 0 Å². The predicted molar refractivity (Wildman–Crippen MR) is 110 cm³/mol. The van der Waals surface area contributed by atoms with Crippen molar-refractivity contribution >= 4 is 29.1 Å². The van der Waals surface area contributed by atoms with E-state index in [1.807, 2.05) is 24.4 Å². The van der Waals surface area contributed by atoms with Gasteiger partial charge in [-0.15, -0.1) is 23.1 Å². The lowest BCUT2D eigenvalue weighted by Gasteiger charge is -2.32. The highest BCUT2D eigenvalue weighted by Crippen LogP contribution is 2.30. The summed E-state index contributed by atoms with van der Waals surface area (Å²) in [7, 11) is 0. The predicted octanol–water partition coefficient (Wildman–Crippen LogP) is 5.17. The fourth-order valence-electron chi connectivity index (χ4n) is 2.95.